The molecule has 14 heavy (non-hydrogen) atoms. The van der Waals surface area contributed by atoms with Gasteiger partial charge in [-0.15, -0.1) is 0 Å². The van der Waals surface area contributed by atoms with Gasteiger partial charge in [-0.25, -0.2) is 4.39 Å². The fraction of sp³-hybridized carbons (Fsp3) is 0.455. The molecule has 1 aromatic carbocycles. The lowest BCUT2D eigenvalue weighted by molar-refractivity contribution is 0.620. The molecule has 0 heterocycles. The van der Waals surface area contributed by atoms with Crippen molar-refractivity contribution >= 4 is 15.9 Å². The molecule has 2 atom stereocenters. The van der Waals surface area contributed by atoms with E-state index in [-0.39, 0.29) is 5.82 Å². The Morgan fingerprint density at radius 1 is 1.57 bits per heavy atom. The summed E-state index contributed by atoms with van der Waals surface area (Å²) in [6, 6.07) is 5.48. The van der Waals surface area contributed by atoms with Gasteiger partial charge in [0.1, 0.15) is 5.82 Å². The Bertz CT molecular complexity index is 340. The van der Waals surface area contributed by atoms with E-state index >= 15 is 0 Å². The summed E-state index contributed by atoms with van der Waals surface area (Å²) in [6.45, 7) is 3.05. The molecule has 1 fully saturated rings. The smallest absolute Gasteiger partial charge is 0.124 e. The minimum atomic E-state index is -0.194. The second-order valence-corrected chi connectivity index (χ2v) is 4.79. The Morgan fingerprint density at radius 2 is 2.29 bits per heavy atom. The van der Waals surface area contributed by atoms with Crippen molar-refractivity contribution in [2.45, 2.75) is 25.9 Å². The number of nitrogens with one attached hydrogen (secondary N) is 1. The highest BCUT2D eigenvalue weighted by Gasteiger charge is 2.31. The van der Waals surface area contributed by atoms with E-state index in [2.05, 4.69) is 28.2 Å². The maximum absolute atomic E-state index is 12.8. The van der Waals surface area contributed by atoms with E-state index in [9.17, 15) is 4.39 Å². The molecular weight excluding hydrogens is 245 g/mol. The molecule has 0 radical (unpaired) electrons. The van der Waals surface area contributed by atoms with Crippen LogP contribution in [-0.4, -0.2) is 6.04 Å². The number of hydrogen-bond acceptors (Lipinski definition) is 1. The van der Waals surface area contributed by atoms with Crippen LogP contribution in [0.25, 0.3) is 0 Å². The summed E-state index contributed by atoms with van der Waals surface area (Å²) in [4.78, 5) is 0. The molecule has 1 aromatic rings. The fourth-order valence-corrected chi connectivity index (χ4v) is 2.00. The average Bonchev–Trinajstić information content (AvgIpc) is 2.80. The molecule has 1 aliphatic carbocycles. The third-order valence-corrected chi connectivity index (χ3v) is 3.42. The molecule has 3 heteroatoms. The summed E-state index contributed by atoms with van der Waals surface area (Å²) in [5.74, 6) is 0.606. The number of benzene rings is 1. The fourth-order valence-electron chi connectivity index (χ4n) is 1.51. The van der Waals surface area contributed by atoms with E-state index in [0.29, 0.717) is 6.04 Å². The van der Waals surface area contributed by atoms with Gasteiger partial charge in [-0.2, -0.15) is 0 Å². The quantitative estimate of drug-likeness (QED) is 0.878. The lowest BCUT2D eigenvalue weighted by atomic mass is 10.2. The van der Waals surface area contributed by atoms with Crippen LogP contribution < -0.4 is 5.32 Å². The summed E-state index contributed by atoms with van der Waals surface area (Å²) >= 11 is 3.35. The van der Waals surface area contributed by atoms with Crippen molar-refractivity contribution in [3.05, 3.63) is 34.1 Å². The predicted octanol–water partition coefficient (Wildman–Crippen LogP) is 3.09. The molecule has 1 saturated carbocycles. The van der Waals surface area contributed by atoms with Gasteiger partial charge in [0.15, 0.2) is 0 Å². The van der Waals surface area contributed by atoms with Gasteiger partial charge in [0.25, 0.3) is 0 Å². The molecule has 1 aliphatic rings. The summed E-state index contributed by atoms with van der Waals surface area (Å²) in [7, 11) is 0. The van der Waals surface area contributed by atoms with E-state index < -0.39 is 0 Å². The average molecular weight is 258 g/mol. The van der Waals surface area contributed by atoms with Crippen LogP contribution in [0.4, 0.5) is 4.39 Å². The summed E-state index contributed by atoms with van der Waals surface area (Å²) in [5, 5.41) is 3.43. The Balaban J connectivity index is 1.95. The van der Waals surface area contributed by atoms with Gasteiger partial charge in [0.05, 0.1) is 0 Å². The van der Waals surface area contributed by atoms with Crippen molar-refractivity contribution in [2.75, 3.05) is 0 Å². The van der Waals surface area contributed by atoms with Crippen molar-refractivity contribution in [3.8, 4) is 0 Å². The topological polar surface area (TPSA) is 12.0 Å². The lowest BCUT2D eigenvalue weighted by Gasteiger charge is -2.05. The predicted molar refractivity (Wildman–Crippen MR) is 58.5 cm³/mol. The second-order valence-electron chi connectivity index (χ2n) is 3.94. The Morgan fingerprint density at radius 3 is 2.86 bits per heavy atom. The molecule has 1 nitrogen and oxygen atoms in total. The zero-order valence-corrected chi connectivity index (χ0v) is 9.64. The largest absolute Gasteiger partial charge is 0.310 e. The first-order chi connectivity index (χ1) is 6.66. The van der Waals surface area contributed by atoms with Crippen molar-refractivity contribution in [1.29, 1.82) is 0 Å². The highest BCUT2D eigenvalue weighted by atomic mass is 79.9. The van der Waals surface area contributed by atoms with Crippen molar-refractivity contribution < 1.29 is 4.39 Å². The highest BCUT2D eigenvalue weighted by molar-refractivity contribution is 9.10. The van der Waals surface area contributed by atoms with Crippen LogP contribution in [-0.2, 0) is 6.54 Å². The van der Waals surface area contributed by atoms with E-state index in [4.69, 9.17) is 0 Å². The van der Waals surface area contributed by atoms with Gasteiger partial charge in [0.2, 0.25) is 0 Å². The minimum absolute atomic E-state index is 0.194. The van der Waals surface area contributed by atoms with Crippen molar-refractivity contribution in [3.63, 3.8) is 0 Å². The van der Waals surface area contributed by atoms with Gasteiger partial charge >= 0.3 is 0 Å². The van der Waals surface area contributed by atoms with Crippen molar-refractivity contribution in [2.24, 2.45) is 5.92 Å². The molecule has 0 aliphatic heterocycles. The standard InChI is InChI=1S/C11H13BrFN/c1-7-4-11(7)14-6-8-2-3-9(13)5-10(8)12/h2-3,5,7,11,14H,4,6H2,1H3. The Kier molecular flexibility index (Phi) is 2.88. The van der Waals surface area contributed by atoms with E-state index in [1.165, 1.54) is 18.6 Å². The molecule has 0 bridgehead atoms. The first kappa shape index (κ1) is 10.1. The van der Waals surface area contributed by atoms with Crippen LogP contribution in [0.5, 0.6) is 0 Å². The maximum atomic E-state index is 12.8. The lowest BCUT2D eigenvalue weighted by Crippen LogP contribution is -2.17. The highest BCUT2D eigenvalue weighted by Crippen LogP contribution is 2.29. The molecule has 0 aromatic heterocycles. The minimum Gasteiger partial charge on any atom is -0.310 e. The van der Waals surface area contributed by atoms with Gasteiger partial charge in [-0.1, -0.05) is 28.9 Å². The number of hydrogen-bond donors (Lipinski definition) is 1. The van der Waals surface area contributed by atoms with Crippen LogP contribution in [0.2, 0.25) is 0 Å². The van der Waals surface area contributed by atoms with Crippen LogP contribution in [0, 0.1) is 11.7 Å². The zero-order chi connectivity index (χ0) is 10.1. The Labute approximate surface area is 91.8 Å². The zero-order valence-electron chi connectivity index (χ0n) is 8.06. The molecule has 76 valence electrons. The Hall–Kier alpha value is -0.410. The van der Waals surface area contributed by atoms with Gasteiger partial charge < -0.3 is 5.32 Å². The maximum Gasteiger partial charge on any atom is 0.124 e. The third kappa shape index (κ3) is 2.34. The number of halogens is 2. The van der Waals surface area contributed by atoms with Crippen molar-refractivity contribution in [1.82, 2.24) is 5.32 Å². The van der Waals surface area contributed by atoms with Crippen LogP contribution >= 0.6 is 15.9 Å². The van der Waals surface area contributed by atoms with Gasteiger partial charge in [-0.3, -0.25) is 0 Å². The van der Waals surface area contributed by atoms with Crippen LogP contribution in [0.3, 0.4) is 0 Å². The van der Waals surface area contributed by atoms with Crippen LogP contribution in [0.15, 0.2) is 22.7 Å². The molecule has 1 N–H and O–H groups in total. The van der Waals surface area contributed by atoms with Crippen LogP contribution in [0.1, 0.15) is 18.9 Å². The molecule has 2 rings (SSSR count). The SMILES string of the molecule is CC1CC1NCc1ccc(F)cc1Br. The summed E-state index contributed by atoms with van der Waals surface area (Å²) < 4.78 is 13.6. The van der Waals surface area contributed by atoms with E-state index in [1.807, 2.05) is 6.07 Å². The second kappa shape index (κ2) is 3.99. The summed E-state index contributed by atoms with van der Waals surface area (Å²) in [5.41, 5.74) is 1.12. The van der Waals surface area contributed by atoms with E-state index in [0.717, 1.165) is 22.5 Å². The molecule has 0 saturated heterocycles. The van der Waals surface area contributed by atoms with E-state index in [1.54, 1.807) is 0 Å². The van der Waals surface area contributed by atoms with Gasteiger partial charge in [-0.05, 0) is 30.0 Å². The first-order valence-electron chi connectivity index (χ1n) is 4.84. The molecule has 0 spiro atoms. The monoisotopic (exact) mass is 257 g/mol. The normalized spacial score (nSPS) is 25.1. The summed E-state index contributed by atoms with van der Waals surface area (Å²) in [6.07, 6.45) is 1.26. The molecule has 0 amide bonds. The van der Waals surface area contributed by atoms with Gasteiger partial charge in [0, 0.05) is 17.1 Å². The molecule has 2 unspecified atom stereocenters. The first-order valence-corrected chi connectivity index (χ1v) is 5.63. The third-order valence-electron chi connectivity index (χ3n) is 2.68. The molecular formula is C11H13BrFN. The number of rotatable bonds is 3.